The minimum Gasteiger partial charge on any atom is -0.382 e. The van der Waals surface area contributed by atoms with Crippen LogP contribution >= 0.6 is 0 Å². The Hall–Kier alpha value is -2.61. The summed E-state index contributed by atoms with van der Waals surface area (Å²) >= 11 is 0. The fourth-order valence-electron chi connectivity index (χ4n) is 2.74. The zero-order valence-corrected chi connectivity index (χ0v) is 14.1. The lowest BCUT2D eigenvalue weighted by atomic mass is 9.99. The van der Waals surface area contributed by atoms with Gasteiger partial charge in [-0.2, -0.15) is 13.2 Å². The topological polar surface area (TPSA) is 66.6 Å². The number of benzene rings is 2. The number of halogens is 3. The lowest BCUT2D eigenvalue weighted by molar-refractivity contribution is -0.384. The molecule has 140 valence electrons. The smallest absolute Gasteiger partial charge is 0.382 e. The molecule has 1 N–H and O–H groups in total. The van der Waals surface area contributed by atoms with E-state index in [1.807, 2.05) is 18.2 Å². The van der Waals surface area contributed by atoms with Crippen LogP contribution in [0.25, 0.3) is 0 Å². The van der Waals surface area contributed by atoms with E-state index in [1.165, 1.54) is 36.2 Å². The summed E-state index contributed by atoms with van der Waals surface area (Å²) < 4.78 is 39.3. The number of aryl methyl sites for hydroxylation is 1. The van der Waals surface area contributed by atoms with Gasteiger partial charge < -0.3 is 10.0 Å². The number of likely N-dealkylation sites (N-methyl/N-ethyl adjacent to an activating group) is 1. The fraction of sp³-hybridized carbons (Fsp3) is 0.333. The van der Waals surface area contributed by atoms with Gasteiger partial charge >= 0.3 is 6.18 Å². The molecule has 0 aromatic heterocycles. The molecule has 26 heavy (non-hydrogen) atoms. The third kappa shape index (κ3) is 4.95. The molecule has 2 aromatic rings. The number of anilines is 1. The number of hydrogen-bond donors (Lipinski definition) is 1. The van der Waals surface area contributed by atoms with E-state index in [4.69, 9.17) is 0 Å². The highest BCUT2D eigenvalue weighted by atomic mass is 19.4. The summed E-state index contributed by atoms with van der Waals surface area (Å²) in [4.78, 5) is 11.4. The molecule has 0 spiro atoms. The van der Waals surface area contributed by atoms with Crippen LogP contribution in [0.5, 0.6) is 0 Å². The zero-order valence-electron chi connectivity index (χ0n) is 14.1. The molecule has 0 aliphatic rings. The Morgan fingerprint density at radius 1 is 1.12 bits per heavy atom. The van der Waals surface area contributed by atoms with E-state index in [1.54, 1.807) is 12.1 Å². The molecule has 0 saturated heterocycles. The van der Waals surface area contributed by atoms with Crippen LogP contribution in [-0.2, 0) is 6.42 Å². The quantitative estimate of drug-likeness (QED) is 0.593. The maximum absolute atomic E-state index is 13.1. The van der Waals surface area contributed by atoms with Crippen LogP contribution in [-0.4, -0.2) is 35.4 Å². The molecule has 2 unspecified atom stereocenters. The number of aliphatic hydroxyl groups is 1. The number of aliphatic hydroxyl groups excluding tert-OH is 1. The Labute approximate surface area is 148 Å². The molecular formula is C18H19F3N2O3. The van der Waals surface area contributed by atoms with Crippen LogP contribution in [0.15, 0.2) is 54.6 Å². The molecule has 0 fully saturated rings. The summed E-state index contributed by atoms with van der Waals surface area (Å²) in [6.07, 6.45) is -6.88. The van der Waals surface area contributed by atoms with E-state index in [9.17, 15) is 28.4 Å². The van der Waals surface area contributed by atoms with E-state index >= 15 is 0 Å². The first-order valence-electron chi connectivity index (χ1n) is 7.96. The van der Waals surface area contributed by atoms with Crippen molar-refractivity contribution in [2.75, 3.05) is 11.9 Å². The van der Waals surface area contributed by atoms with Gasteiger partial charge in [-0.3, -0.25) is 10.1 Å². The second-order valence-corrected chi connectivity index (χ2v) is 5.96. The van der Waals surface area contributed by atoms with Gasteiger partial charge in [-0.15, -0.1) is 0 Å². The lowest BCUT2D eigenvalue weighted by Gasteiger charge is -2.34. The van der Waals surface area contributed by atoms with Crippen molar-refractivity contribution in [3.8, 4) is 0 Å². The van der Waals surface area contributed by atoms with Gasteiger partial charge in [-0.05, 0) is 30.5 Å². The summed E-state index contributed by atoms with van der Waals surface area (Å²) in [6.45, 7) is 0. The highest BCUT2D eigenvalue weighted by Crippen LogP contribution is 2.30. The SMILES string of the molecule is CN(c1ccc([N+](=O)[O-])cc1)C(CCc1ccccc1)C(O)C(F)(F)F. The van der Waals surface area contributed by atoms with Crippen LogP contribution in [0.2, 0.25) is 0 Å². The molecule has 0 aliphatic heterocycles. The third-order valence-electron chi connectivity index (χ3n) is 4.24. The van der Waals surface area contributed by atoms with Crippen molar-refractivity contribution in [3.05, 3.63) is 70.3 Å². The fourth-order valence-corrected chi connectivity index (χ4v) is 2.74. The number of rotatable bonds is 7. The Balaban J connectivity index is 2.22. The summed E-state index contributed by atoms with van der Waals surface area (Å²) in [7, 11) is 1.44. The monoisotopic (exact) mass is 368 g/mol. The molecular weight excluding hydrogens is 349 g/mol. The molecule has 0 amide bonds. The largest absolute Gasteiger partial charge is 0.416 e. The minimum atomic E-state index is -4.77. The molecule has 8 heteroatoms. The van der Waals surface area contributed by atoms with Crippen LogP contribution in [0, 0.1) is 10.1 Å². The van der Waals surface area contributed by atoms with Crippen LogP contribution < -0.4 is 4.90 Å². The number of alkyl halides is 3. The van der Waals surface area contributed by atoms with Gasteiger partial charge in [-0.1, -0.05) is 30.3 Å². The summed E-state index contributed by atoms with van der Waals surface area (Å²) in [6, 6.07) is 13.0. The van der Waals surface area contributed by atoms with E-state index in [2.05, 4.69) is 0 Å². The number of nitro groups is 1. The standard InChI is InChI=1S/C18H19F3N2O3/c1-22(14-8-10-15(11-9-14)23(25)26)16(17(24)18(19,20)21)12-7-13-5-3-2-4-6-13/h2-6,8-11,16-17,24H,7,12H2,1H3. The molecule has 0 bridgehead atoms. The van der Waals surface area contributed by atoms with Gasteiger partial charge in [-0.25, -0.2) is 0 Å². The summed E-state index contributed by atoms with van der Waals surface area (Å²) in [5.41, 5.74) is 1.07. The normalized spacial score (nSPS) is 13.9. The Morgan fingerprint density at radius 3 is 2.19 bits per heavy atom. The van der Waals surface area contributed by atoms with Gasteiger partial charge in [0.25, 0.3) is 5.69 Å². The Bertz CT molecular complexity index is 721. The van der Waals surface area contributed by atoms with Gasteiger partial charge in [0, 0.05) is 24.9 Å². The van der Waals surface area contributed by atoms with E-state index in [0.29, 0.717) is 12.1 Å². The molecule has 0 heterocycles. The maximum atomic E-state index is 13.1. The minimum absolute atomic E-state index is 0.0676. The number of hydrogen-bond acceptors (Lipinski definition) is 4. The molecule has 0 aliphatic carbocycles. The van der Waals surface area contributed by atoms with Crippen LogP contribution in [0.1, 0.15) is 12.0 Å². The Kier molecular flexibility index (Phi) is 6.20. The Morgan fingerprint density at radius 2 is 1.69 bits per heavy atom. The molecule has 5 nitrogen and oxygen atoms in total. The highest BCUT2D eigenvalue weighted by molar-refractivity contribution is 5.51. The molecule has 2 rings (SSSR count). The zero-order chi connectivity index (χ0) is 19.3. The number of nitro benzene ring substituents is 1. The first kappa shape index (κ1) is 19.7. The van der Waals surface area contributed by atoms with Crippen molar-refractivity contribution in [2.24, 2.45) is 0 Å². The predicted molar refractivity (Wildman–Crippen MR) is 92.1 cm³/mol. The van der Waals surface area contributed by atoms with E-state index in [-0.39, 0.29) is 12.1 Å². The summed E-state index contributed by atoms with van der Waals surface area (Å²) in [5.74, 6) is 0. The first-order chi connectivity index (χ1) is 12.2. The number of nitrogens with zero attached hydrogens (tertiary/aromatic N) is 2. The average molecular weight is 368 g/mol. The number of non-ortho nitro benzene ring substituents is 1. The first-order valence-corrected chi connectivity index (χ1v) is 7.96. The molecule has 0 saturated carbocycles. The second kappa shape index (κ2) is 8.18. The second-order valence-electron chi connectivity index (χ2n) is 5.96. The van der Waals surface area contributed by atoms with Crippen molar-refractivity contribution < 1.29 is 23.2 Å². The van der Waals surface area contributed by atoms with Crippen LogP contribution in [0.4, 0.5) is 24.5 Å². The van der Waals surface area contributed by atoms with Gasteiger partial charge in [0.05, 0.1) is 11.0 Å². The third-order valence-corrected chi connectivity index (χ3v) is 4.24. The van der Waals surface area contributed by atoms with Crippen molar-refractivity contribution >= 4 is 11.4 Å². The van der Waals surface area contributed by atoms with E-state index in [0.717, 1.165) is 5.56 Å². The predicted octanol–water partition coefficient (Wildman–Crippen LogP) is 3.96. The van der Waals surface area contributed by atoms with Gasteiger partial charge in [0.1, 0.15) is 0 Å². The van der Waals surface area contributed by atoms with Crippen molar-refractivity contribution in [1.82, 2.24) is 0 Å². The highest BCUT2D eigenvalue weighted by Gasteiger charge is 2.44. The maximum Gasteiger partial charge on any atom is 0.416 e. The van der Waals surface area contributed by atoms with Crippen molar-refractivity contribution in [2.45, 2.75) is 31.2 Å². The van der Waals surface area contributed by atoms with Crippen molar-refractivity contribution in [1.29, 1.82) is 0 Å². The van der Waals surface area contributed by atoms with Gasteiger partial charge in [0.15, 0.2) is 6.10 Å². The van der Waals surface area contributed by atoms with E-state index < -0.39 is 23.2 Å². The summed E-state index contributed by atoms with van der Waals surface area (Å²) in [5, 5.41) is 20.5. The van der Waals surface area contributed by atoms with Crippen molar-refractivity contribution in [3.63, 3.8) is 0 Å². The molecule has 0 radical (unpaired) electrons. The average Bonchev–Trinajstić information content (AvgIpc) is 2.61. The van der Waals surface area contributed by atoms with Crippen LogP contribution in [0.3, 0.4) is 0 Å². The van der Waals surface area contributed by atoms with Gasteiger partial charge in [0.2, 0.25) is 0 Å². The molecule has 2 aromatic carbocycles. The lowest BCUT2D eigenvalue weighted by Crippen LogP contribution is -2.49. The molecule has 2 atom stereocenters.